The van der Waals surface area contributed by atoms with Gasteiger partial charge in [0.25, 0.3) is 5.56 Å². The molecule has 0 bridgehead atoms. The zero-order valence-electron chi connectivity index (χ0n) is 23.9. The smallest absolute Gasteiger partial charge is 0.343 e. The molecule has 0 amide bonds. The third kappa shape index (κ3) is 6.43. The number of benzene rings is 3. The number of rotatable bonds is 10. The van der Waals surface area contributed by atoms with Crippen LogP contribution in [0.4, 0.5) is 0 Å². The molecule has 1 aromatic heterocycles. The summed E-state index contributed by atoms with van der Waals surface area (Å²) in [6, 6.07) is 14.6. The molecular weight excluding hydrogens is 590 g/mol. The molecular formula is C31H32BrN3O6. The van der Waals surface area contributed by atoms with Crippen LogP contribution in [0.5, 0.6) is 17.2 Å². The second kappa shape index (κ2) is 13.0. The number of hydrogen-bond acceptors (Lipinski definition) is 8. The molecule has 9 nitrogen and oxygen atoms in total. The number of fused-ring (bicyclic) bond motifs is 1. The number of nitrogens with zero attached hydrogens (tertiary/aromatic N) is 3. The van der Waals surface area contributed by atoms with Crippen molar-refractivity contribution >= 4 is 39.0 Å². The van der Waals surface area contributed by atoms with Gasteiger partial charge < -0.3 is 18.9 Å². The van der Waals surface area contributed by atoms with Crippen LogP contribution in [0, 0.1) is 6.92 Å². The molecule has 0 aliphatic carbocycles. The molecule has 41 heavy (non-hydrogen) atoms. The Bertz CT molecular complexity index is 1680. The van der Waals surface area contributed by atoms with E-state index in [2.05, 4.69) is 39.6 Å². The first-order valence-electron chi connectivity index (χ1n) is 13.1. The summed E-state index contributed by atoms with van der Waals surface area (Å²) < 4.78 is 23.6. The standard InChI is InChI=1S/C31H32BrN3O6/c1-7-40-27-13-20(24(32)15-28(27)41-17-29(36)39-6)16-33-35-30(34-25-11-9-8-10-21(25)31(35)37)23-14-22(18(2)3)26(38-5)12-19(23)4/h8-16,18H,7,17H2,1-6H3. The van der Waals surface area contributed by atoms with E-state index in [9.17, 15) is 9.59 Å². The van der Waals surface area contributed by atoms with Crippen LogP contribution < -0.4 is 19.8 Å². The molecule has 3 aromatic carbocycles. The van der Waals surface area contributed by atoms with E-state index in [0.717, 1.165) is 22.4 Å². The highest BCUT2D eigenvalue weighted by molar-refractivity contribution is 9.10. The maximum Gasteiger partial charge on any atom is 0.343 e. The maximum absolute atomic E-state index is 13.8. The number of esters is 1. The van der Waals surface area contributed by atoms with Gasteiger partial charge in [-0.05, 0) is 83.2 Å². The van der Waals surface area contributed by atoms with Gasteiger partial charge in [0, 0.05) is 15.6 Å². The number of halogens is 1. The Hall–Kier alpha value is -4.18. The molecule has 0 saturated carbocycles. The summed E-state index contributed by atoms with van der Waals surface area (Å²) in [6.07, 6.45) is 1.56. The lowest BCUT2D eigenvalue weighted by molar-refractivity contribution is -0.142. The lowest BCUT2D eigenvalue weighted by Crippen LogP contribution is -2.21. The van der Waals surface area contributed by atoms with Crippen LogP contribution >= 0.6 is 15.9 Å². The van der Waals surface area contributed by atoms with Gasteiger partial charge in [0.05, 0.1) is 37.9 Å². The fourth-order valence-corrected chi connectivity index (χ4v) is 4.74. The van der Waals surface area contributed by atoms with Crippen molar-refractivity contribution in [3.63, 3.8) is 0 Å². The molecule has 4 aromatic rings. The van der Waals surface area contributed by atoms with Gasteiger partial charge in [-0.3, -0.25) is 4.79 Å². The Morgan fingerprint density at radius 3 is 2.49 bits per heavy atom. The number of carbonyl (C=O) groups is 1. The summed E-state index contributed by atoms with van der Waals surface area (Å²) in [6.45, 7) is 8.08. The predicted molar refractivity (Wildman–Crippen MR) is 163 cm³/mol. The molecule has 0 aliphatic heterocycles. The minimum Gasteiger partial charge on any atom is -0.496 e. The van der Waals surface area contributed by atoms with Crippen LogP contribution in [0.25, 0.3) is 22.3 Å². The van der Waals surface area contributed by atoms with E-state index >= 15 is 0 Å². The number of hydrogen-bond donors (Lipinski definition) is 0. The summed E-state index contributed by atoms with van der Waals surface area (Å²) >= 11 is 3.54. The first kappa shape index (κ1) is 29.8. The van der Waals surface area contributed by atoms with Gasteiger partial charge in [-0.1, -0.05) is 26.0 Å². The zero-order valence-corrected chi connectivity index (χ0v) is 25.4. The average molecular weight is 623 g/mol. The number of carbonyl (C=O) groups excluding carboxylic acids is 1. The highest BCUT2D eigenvalue weighted by atomic mass is 79.9. The average Bonchev–Trinajstić information content (AvgIpc) is 2.96. The van der Waals surface area contributed by atoms with Crippen LogP contribution in [-0.2, 0) is 9.53 Å². The molecule has 4 rings (SSSR count). The van der Waals surface area contributed by atoms with Crippen molar-refractivity contribution < 1.29 is 23.7 Å². The van der Waals surface area contributed by atoms with Gasteiger partial charge >= 0.3 is 5.97 Å². The van der Waals surface area contributed by atoms with Gasteiger partial charge in [-0.2, -0.15) is 9.78 Å². The van der Waals surface area contributed by atoms with E-state index < -0.39 is 5.97 Å². The lowest BCUT2D eigenvalue weighted by Gasteiger charge is -2.17. The van der Waals surface area contributed by atoms with E-state index in [-0.39, 0.29) is 18.1 Å². The van der Waals surface area contributed by atoms with E-state index in [1.165, 1.54) is 11.8 Å². The Morgan fingerprint density at radius 2 is 1.80 bits per heavy atom. The highest BCUT2D eigenvalue weighted by Crippen LogP contribution is 2.35. The normalized spacial score (nSPS) is 11.3. The summed E-state index contributed by atoms with van der Waals surface area (Å²) in [5.41, 5.74) is 3.56. The Labute approximate surface area is 246 Å². The van der Waals surface area contributed by atoms with Crippen molar-refractivity contribution in [1.29, 1.82) is 0 Å². The SMILES string of the molecule is CCOc1cc(C=Nn2c(-c3cc(C(C)C)c(OC)cc3C)nc3ccccc3c2=O)c(Br)cc1OCC(=O)OC. The zero-order chi connectivity index (χ0) is 29.7. The van der Waals surface area contributed by atoms with Crippen LogP contribution in [0.2, 0.25) is 0 Å². The summed E-state index contributed by atoms with van der Waals surface area (Å²) in [4.78, 5) is 30.2. The van der Waals surface area contributed by atoms with Crippen LogP contribution in [0.3, 0.4) is 0 Å². The number of aryl methyl sites for hydroxylation is 1. The molecule has 214 valence electrons. The molecule has 0 spiro atoms. The molecule has 0 aliphatic rings. The van der Waals surface area contributed by atoms with E-state index in [0.29, 0.717) is 44.9 Å². The third-order valence-electron chi connectivity index (χ3n) is 6.44. The molecule has 0 radical (unpaired) electrons. The summed E-state index contributed by atoms with van der Waals surface area (Å²) in [5.74, 6) is 1.63. The molecule has 1 heterocycles. The van der Waals surface area contributed by atoms with Crippen LogP contribution in [0.1, 0.15) is 43.4 Å². The van der Waals surface area contributed by atoms with E-state index in [1.54, 1.807) is 37.6 Å². The van der Waals surface area contributed by atoms with Crippen molar-refractivity contribution in [1.82, 2.24) is 9.66 Å². The van der Waals surface area contributed by atoms with Crippen molar-refractivity contribution in [2.45, 2.75) is 33.6 Å². The fourth-order valence-electron chi connectivity index (χ4n) is 4.32. The number of ether oxygens (including phenoxy) is 4. The molecule has 0 unspecified atom stereocenters. The Balaban J connectivity index is 1.88. The van der Waals surface area contributed by atoms with Crippen molar-refractivity contribution in [3.05, 3.63) is 80.0 Å². The molecule has 0 saturated heterocycles. The molecule has 0 fully saturated rings. The largest absolute Gasteiger partial charge is 0.496 e. The van der Waals surface area contributed by atoms with Gasteiger partial charge in [0.15, 0.2) is 23.9 Å². The fraction of sp³-hybridized carbons (Fsp3) is 0.290. The second-order valence-electron chi connectivity index (χ2n) is 9.50. The van der Waals surface area contributed by atoms with Crippen LogP contribution in [0.15, 0.2) is 62.9 Å². The van der Waals surface area contributed by atoms with Gasteiger partial charge in [0.1, 0.15) is 5.75 Å². The lowest BCUT2D eigenvalue weighted by atomic mass is 9.96. The monoisotopic (exact) mass is 621 g/mol. The quantitative estimate of drug-likeness (QED) is 0.156. The minimum atomic E-state index is -0.514. The van der Waals surface area contributed by atoms with Crippen molar-refractivity contribution in [2.75, 3.05) is 27.4 Å². The first-order valence-corrected chi connectivity index (χ1v) is 13.9. The Kier molecular flexibility index (Phi) is 9.44. The Morgan fingerprint density at radius 1 is 1.07 bits per heavy atom. The number of aromatic nitrogens is 2. The summed E-state index contributed by atoms with van der Waals surface area (Å²) in [7, 11) is 2.94. The minimum absolute atomic E-state index is 0.182. The van der Waals surface area contributed by atoms with E-state index in [4.69, 9.17) is 19.2 Å². The predicted octanol–water partition coefficient (Wildman–Crippen LogP) is 6.10. The highest BCUT2D eigenvalue weighted by Gasteiger charge is 2.19. The van der Waals surface area contributed by atoms with Crippen molar-refractivity contribution in [3.8, 4) is 28.6 Å². The van der Waals surface area contributed by atoms with Crippen molar-refractivity contribution in [2.24, 2.45) is 5.10 Å². The number of para-hydroxylation sites is 1. The molecule has 10 heteroatoms. The first-order chi connectivity index (χ1) is 19.7. The van der Waals surface area contributed by atoms with Crippen LogP contribution in [-0.4, -0.2) is 49.3 Å². The van der Waals surface area contributed by atoms with E-state index in [1.807, 2.05) is 38.1 Å². The summed E-state index contributed by atoms with van der Waals surface area (Å²) in [5, 5.41) is 5.07. The molecule has 0 N–H and O–H groups in total. The van der Waals surface area contributed by atoms with Gasteiger partial charge in [0.2, 0.25) is 0 Å². The number of methoxy groups -OCH3 is 2. The third-order valence-corrected chi connectivity index (χ3v) is 7.13. The second-order valence-corrected chi connectivity index (χ2v) is 10.4. The van der Waals surface area contributed by atoms with Gasteiger partial charge in [-0.25, -0.2) is 9.78 Å². The molecule has 0 atom stereocenters. The topological polar surface area (TPSA) is 101 Å². The van der Waals surface area contributed by atoms with Gasteiger partial charge in [-0.15, -0.1) is 0 Å². The maximum atomic E-state index is 13.8.